The highest BCUT2D eigenvalue weighted by molar-refractivity contribution is 7.84. The topological polar surface area (TPSA) is 82.3 Å². The van der Waals surface area contributed by atoms with Crippen LogP contribution in [0.1, 0.15) is 19.8 Å². The van der Waals surface area contributed by atoms with E-state index in [1.165, 1.54) is 6.33 Å². The number of hydrogen-bond donors (Lipinski definition) is 0. The molecule has 0 aliphatic heterocycles. The second-order valence-corrected chi connectivity index (χ2v) is 8.06. The Bertz CT molecular complexity index is 1140. The smallest absolute Gasteiger partial charge is 0.157 e. The van der Waals surface area contributed by atoms with Crippen LogP contribution in [0.3, 0.4) is 0 Å². The van der Waals surface area contributed by atoms with Crippen LogP contribution in [0.4, 0.5) is 0 Å². The van der Waals surface area contributed by atoms with Crippen molar-refractivity contribution in [3.8, 4) is 28.3 Å². The first kappa shape index (κ1) is 19.2. The number of ether oxygens (including phenoxy) is 1. The molecule has 0 aliphatic carbocycles. The first-order valence-electron chi connectivity index (χ1n) is 9.38. The lowest BCUT2D eigenvalue weighted by molar-refractivity contribution is 0.415. The summed E-state index contributed by atoms with van der Waals surface area (Å²) in [6.07, 6.45) is 6.83. The van der Waals surface area contributed by atoms with Gasteiger partial charge in [-0.2, -0.15) is 5.10 Å². The monoisotopic (exact) mass is 407 g/mol. The van der Waals surface area contributed by atoms with Crippen LogP contribution in [0.2, 0.25) is 0 Å². The van der Waals surface area contributed by atoms with E-state index < -0.39 is 10.8 Å². The molecule has 0 amide bonds. The molecule has 0 aliphatic rings. The molecular weight excluding hydrogens is 386 g/mol. The normalized spacial score (nSPS) is 12.2. The third-order valence-electron chi connectivity index (χ3n) is 4.56. The van der Waals surface area contributed by atoms with Crippen LogP contribution >= 0.6 is 0 Å². The highest BCUT2D eigenvalue weighted by Crippen LogP contribution is 2.27. The van der Waals surface area contributed by atoms with Crippen molar-refractivity contribution in [2.75, 3.05) is 12.9 Å². The molecule has 0 saturated heterocycles. The molecule has 4 rings (SSSR count). The first-order valence-corrected chi connectivity index (χ1v) is 10.7. The first-order chi connectivity index (χ1) is 14.2. The van der Waals surface area contributed by atoms with Gasteiger partial charge in [0.1, 0.15) is 12.1 Å². The molecule has 0 spiro atoms. The predicted octanol–water partition coefficient (Wildman–Crippen LogP) is 3.77. The van der Waals surface area contributed by atoms with Crippen molar-refractivity contribution in [2.24, 2.45) is 0 Å². The van der Waals surface area contributed by atoms with Gasteiger partial charge in [-0.3, -0.25) is 4.21 Å². The molecule has 1 aromatic carbocycles. The molecule has 3 heterocycles. The molecule has 29 heavy (non-hydrogen) atoms. The SMILES string of the molecule is CCCCS(=O)c1cc2nc(-c3ccc(OC)cc3)cc(-c3cncnc3)n2n1. The van der Waals surface area contributed by atoms with Crippen molar-refractivity contribution >= 4 is 16.4 Å². The largest absolute Gasteiger partial charge is 0.497 e. The maximum atomic E-state index is 12.6. The Morgan fingerprint density at radius 3 is 2.52 bits per heavy atom. The minimum absolute atomic E-state index is 0.538. The van der Waals surface area contributed by atoms with E-state index >= 15 is 0 Å². The van der Waals surface area contributed by atoms with Crippen molar-refractivity contribution in [3.63, 3.8) is 0 Å². The van der Waals surface area contributed by atoms with E-state index in [0.717, 1.165) is 41.1 Å². The van der Waals surface area contributed by atoms with Crippen LogP contribution in [-0.4, -0.2) is 41.6 Å². The van der Waals surface area contributed by atoms with Crippen LogP contribution in [0.15, 0.2) is 60.1 Å². The molecule has 4 aromatic rings. The van der Waals surface area contributed by atoms with E-state index in [2.05, 4.69) is 22.0 Å². The number of rotatable bonds is 7. The van der Waals surface area contributed by atoms with Gasteiger partial charge in [-0.1, -0.05) is 13.3 Å². The van der Waals surface area contributed by atoms with Crippen molar-refractivity contribution < 1.29 is 8.95 Å². The molecule has 1 atom stereocenters. The Kier molecular flexibility index (Phi) is 5.62. The fraction of sp³-hybridized carbons (Fsp3) is 0.238. The highest BCUT2D eigenvalue weighted by Gasteiger charge is 2.16. The Morgan fingerprint density at radius 2 is 1.83 bits per heavy atom. The Hall–Kier alpha value is -3.13. The summed E-state index contributed by atoms with van der Waals surface area (Å²) < 4.78 is 19.6. The van der Waals surface area contributed by atoms with Gasteiger partial charge in [0.05, 0.1) is 29.3 Å². The van der Waals surface area contributed by atoms with Gasteiger partial charge in [-0.25, -0.2) is 19.5 Å². The van der Waals surface area contributed by atoms with Crippen LogP contribution in [-0.2, 0) is 10.8 Å². The second-order valence-electron chi connectivity index (χ2n) is 6.54. The molecule has 1 unspecified atom stereocenters. The van der Waals surface area contributed by atoms with Gasteiger partial charge in [0.25, 0.3) is 0 Å². The third-order valence-corrected chi connectivity index (χ3v) is 5.89. The minimum atomic E-state index is -1.16. The number of hydrogen-bond acceptors (Lipinski definition) is 6. The summed E-state index contributed by atoms with van der Waals surface area (Å²) in [5, 5.41) is 5.12. The molecular formula is C21H21N5O2S. The van der Waals surface area contributed by atoms with Gasteiger partial charge in [0, 0.05) is 35.3 Å². The van der Waals surface area contributed by atoms with E-state index in [0.29, 0.717) is 16.4 Å². The summed E-state index contributed by atoms with van der Waals surface area (Å²) in [5.41, 5.74) is 3.96. The number of unbranched alkanes of at least 4 members (excludes halogenated alkanes) is 1. The number of fused-ring (bicyclic) bond motifs is 1. The van der Waals surface area contributed by atoms with Gasteiger partial charge in [0.15, 0.2) is 10.7 Å². The van der Waals surface area contributed by atoms with Gasteiger partial charge in [0.2, 0.25) is 0 Å². The van der Waals surface area contributed by atoms with Crippen LogP contribution < -0.4 is 4.74 Å². The zero-order valence-corrected chi connectivity index (χ0v) is 17.1. The fourth-order valence-corrected chi connectivity index (χ4v) is 4.16. The lowest BCUT2D eigenvalue weighted by Gasteiger charge is -2.08. The quantitative estimate of drug-likeness (QED) is 0.464. The summed E-state index contributed by atoms with van der Waals surface area (Å²) in [4.78, 5) is 13.0. The second kappa shape index (κ2) is 8.48. The molecule has 3 aromatic heterocycles. The molecule has 0 bridgehead atoms. The summed E-state index contributed by atoms with van der Waals surface area (Å²) >= 11 is 0. The van der Waals surface area contributed by atoms with Crippen LogP contribution in [0.25, 0.3) is 28.2 Å². The summed E-state index contributed by atoms with van der Waals surface area (Å²) in [6, 6.07) is 11.5. The third kappa shape index (κ3) is 4.02. The molecule has 0 fully saturated rings. The molecule has 148 valence electrons. The van der Waals surface area contributed by atoms with Gasteiger partial charge in [-0.15, -0.1) is 0 Å². The maximum absolute atomic E-state index is 12.6. The zero-order chi connectivity index (χ0) is 20.2. The van der Waals surface area contributed by atoms with Gasteiger partial charge >= 0.3 is 0 Å². The van der Waals surface area contributed by atoms with E-state index in [1.807, 2.05) is 30.3 Å². The Morgan fingerprint density at radius 1 is 1.07 bits per heavy atom. The molecule has 0 saturated carbocycles. The number of nitrogens with zero attached hydrogens (tertiary/aromatic N) is 5. The summed E-state index contributed by atoms with van der Waals surface area (Å²) in [7, 11) is 0.482. The standard InChI is InChI=1S/C21H21N5O2S/c1-3-4-9-29(27)21-11-20-24-18(15-5-7-17(28-2)8-6-15)10-19(26(20)25-21)16-12-22-14-23-13-16/h5-8,10-14H,3-4,9H2,1-2H3. The molecule has 0 N–H and O–H groups in total. The van der Waals surface area contributed by atoms with E-state index in [-0.39, 0.29) is 0 Å². The molecule has 0 radical (unpaired) electrons. The van der Waals surface area contributed by atoms with Crippen molar-refractivity contribution in [2.45, 2.75) is 24.8 Å². The van der Waals surface area contributed by atoms with Crippen LogP contribution in [0.5, 0.6) is 5.75 Å². The van der Waals surface area contributed by atoms with E-state index in [9.17, 15) is 4.21 Å². The van der Waals surface area contributed by atoms with Crippen LogP contribution in [0, 0.1) is 0 Å². The number of aromatic nitrogens is 5. The molecule has 7 nitrogen and oxygen atoms in total. The van der Waals surface area contributed by atoms with Gasteiger partial charge < -0.3 is 4.74 Å². The fourth-order valence-electron chi connectivity index (χ4n) is 2.99. The lowest BCUT2D eigenvalue weighted by atomic mass is 10.1. The number of methoxy groups -OCH3 is 1. The van der Waals surface area contributed by atoms with E-state index in [4.69, 9.17) is 9.72 Å². The maximum Gasteiger partial charge on any atom is 0.157 e. The molecule has 8 heteroatoms. The van der Waals surface area contributed by atoms with Gasteiger partial charge in [-0.05, 0) is 36.8 Å². The Balaban J connectivity index is 1.86. The minimum Gasteiger partial charge on any atom is -0.497 e. The van der Waals surface area contributed by atoms with Crippen molar-refractivity contribution in [1.82, 2.24) is 24.6 Å². The summed E-state index contributed by atoms with van der Waals surface area (Å²) in [5.74, 6) is 1.37. The average molecular weight is 407 g/mol. The highest BCUT2D eigenvalue weighted by atomic mass is 32.2. The Labute approximate surface area is 171 Å². The summed E-state index contributed by atoms with van der Waals surface area (Å²) in [6.45, 7) is 2.08. The average Bonchev–Trinajstić information content (AvgIpc) is 3.22. The van der Waals surface area contributed by atoms with Crippen molar-refractivity contribution in [3.05, 3.63) is 55.1 Å². The van der Waals surface area contributed by atoms with Crippen molar-refractivity contribution in [1.29, 1.82) is 0 Å². The zero-order valence-electron chi connectivity index (χ0n) is 16.3. The predicted molar refractivity (Wildman–Crippen MR) is 112 cm³/mol. The number of benzene rings is 1. The lowest BCUT2D eigenvalue weighted by Crippen LogP contribution is -2.01. The van der Waals surface area contributed by atoms with E-state index in [1.54, 1.807) is 30.1 Å².